The average Bonchev–Trinajstić information content (AvgIpc) is 2.16. The second kappa shape index (κ2) is 5.24. The van der Waals surface area contributed by atoms with Crippen LogP contribution in [0, 0.1) is 0 Å². The smallest absolute Gasteiger partial charge is 0.412 e. The van der Waals surface area contributed by atoms with Crippen molar-refractivity contribution < 1.29 is 14.3 Å². The van der Waals surface area contributed by atoms with Gasteiger partial charge < -0.3 is 14.8 Å². The third kappa shape index (κ3) is 3.89. The molecule has 1 N–H and O–H groups in total. The lowest BCUT2D eigenvalue weighted by Crippen LogP contribution is -2.32. The van der Waals surface area contributed by atoms with Crippen LogP contribution in [0.4, 0.5) is 4.79 Å². The summed E-state index contributed by atoms with van der Waals surface area (Å²) in [6.07, 6.45) is -0.460. The Morgan fingerprint density at radius 1 is 1.33 bits per heavy atom. The van der Waals surface area contributed by atoms with Crippen molar-refractivity contribution in [3.05, 3.63) is 24.3 Å². The van der Waals surface area contributed by atoms with Crippen molar-refractivity contribution in [3.8, 4) is 11.5 Å². The molecule has 1 aromatic carbocycles. The summed E-state index contributed by atoms with van der Waals surface area (Å²) in [7, 11) is 1.56. The zero-order valence-electron chi connectivity index (χ0n) is 9.11. The SMILES string of the molecule is COc1cccc(OC(=O)NC(C)C)c1. The highest BCUT2D eigenvalue weighted by Crippen LogP contribution is 2.18. The van der Waals surface area contributed by atoms with E-state index in [0.717, 1.165) is 0 Å². The third-order valence-electron chi connectivity index (χ3n) is 1.66. The lowest BCUT2D eigenvalue weighted by molar-refractivity contribution is 0.197. The van der Waals surface area contributed by atoms with Gasteiger partial charge in [-0.1, -0.05) is 6.07 Å². The van der Waals surface area contributed by atoms with Gasteiger partial charge in [-0.05, 0) is 26.0 Å². The molecule has 0 fully saturated rings. The predicted octanol–water partition coefficient (Wildman–Crippen LogP) is 2.19. The number of amides is 1. The van der Waals surface area contributed by atoms with Gasteiger partial charge in [0.25, 0.3) is 0 Å². The molecule has 15 heavy (non-hydrogen) atoms. The topological polar surface area (TPSA) is 47.6 Å². The second-order valence-corrected chi connectivity index (χ2v) is 3.37. The average molecular weight is 209 g/mol. The first-order valence-corrected chi connectivity index (χ1v) is 4.74. The molecule has 82 valence electrons. The fourth-order valence-corrected chi connectivity index (χ4v) is 1.04. The molecule has 1 amide bonds. The molecule has 0 saturated carbocycles. The molecule has 0 aliphatic rings. The fraction of sp³-hybridized carbons (Fsp3) is 0.364. The molecule has 0 saturated heterocycles. The van der Waals surface area contributed by atoms with Crippen LogP contribution in [0.15, 0.2) is 24.3 Å². The summed E-state index contributed by atoms with van der Waals surface area (Å²) in [5, 5.41) is 2.63. The van der Waals surface area contributed by atoms with Gasteiger partial charge in [0.1, 0.15) is 11.5 Å². The first-order valence-electron chi connectivity index (χ1n) is 4.74. The molecule has 0 radical (unpaired) electrons. The molecule has 0 atom stereocenters. The first-order chi connectivity index (χ1) is 7.11. The van der Waals surface area contributed by atoms with Crippen LogP contribution >= 0.6 is 0 Å². The summed E-state index contributed by atoms with van der Waals surface area (Å²) >= 11 is 0. The minimum atomic E-state index is -0.460. The van der Waals surface area contributed by atoms with Crippen LogP contribution in [0.3, 0.4) is 0 Å². The third-order valence-corrected chi connectivity index (χ3v) is 1.66. The van der Waals surface area contributed by atoms with Crippen molar-refractivity contribution in [2.24, 2.45) is 0 Å². The second-order valence-electron chi connectivity index (χ2n) is 3.37. The molecule has 1 rings (SSSR count). The largest absolute Gasteiger partial charge is 0.497 e. The lowest BCUT2D eigenvalue weighted by Gasteiger charge is -2.09. The van der Waals surface area contributed by atoms with E-state index in [1.54, 1.807) is 31.4 Å². The Kier molecular flexibility index (Phi) is 3.97. The first kappa shape index (κ1) is 11.4. The van der Waals surface area contributed by atoms with Crippen molar-refractivity contribution in [2.75, 3.05) is 7.11 Å². The highest BCUT2D eigenvalue weighted by Gasteiger charge is 2.05. The standard InChI is InChI=1S/C11H15NO3/c1-8(2)12-11(13)15-10-6-4-5-9(7-10)14-3/h4-8H,1-3H3,(H,12,13). The van der Waals surface area contributed by atoms with Crippen molar-refractivity contribution in [3.63, 3.8) is 0 Å². The normalized spacial score (nSPS) is 9.87. The van der Waals surface area contributed by atoms with Gasteiger partial charge in [-0.3, -0.25) is 0 Å². The van der Waals surface area contributed by atoms with Gasteiger partial charge in [0.15, 0.2) is 0 Å². The highest BCUT2D eigenvalue weighted by atomic mass is 16.6. The van der Waals surface area contributed by atoms with Crippen LogP contribution in [0.2, 0.25) is 0 Å². The number of nitrogens with one attached hydrogen (secondary N) is 1. The summed E-state index contributed by atoms with van der Waals surface area (Å²) in [6, 6.07) is 6.95. The zero-order valence-corrected chi connectivity index (χ0v) is 9.11. The molecule has 0 aliphatic heterocycles. The number of hydrogen-bond donors (Lipinski definition) is 1. The molecule has 1 aromatic rings. The number of ether oxygens (including phenoxy) is 2. The molecule has 0 unspecified atom stereocenters. The summed E-state index contributed by atoms with van der Waals surface area (Å²) in [5.41, 5.74) is 0. The number of methoxy groups -OCH3 is 1. The summed E-state index contributed by atoms with van der Waals surface area (Å²) < 4.78 is 10.0. The number of carbonyl (C=O) groups is 1. The Hall–Kier alpha value is -1.71. The Bertz CT molecular complexity index is 336. The fourth-order valence-electron chi connectivity index (χ4n) is 1.04. The van der Waals surface area contributed by atoms with Crippen molar-refractivity contribution in [1.29, 1.82) is 0 Å². The molecule has 0 aromatic heterocycles. The van der Waals surface area contributed by atoms with Crippen LogP contribution in [0.25, 0.3) is 0 Å². The van der Waals surface area contributed by atoms with Gasteiger partial charge in [-0.2, -0.15) is 0 Å². The van der Waals surface area contributed by atoms with Crippen molar-refractivity contribution >= 4 is 6.09 Å². The van der Waals surface area contributed by atoms with Crippen molar-refractivity contribution in [2.45, 2.75) is 19.9 Å². The Labute approximate surface area is 89.2 Å². The minimum Gasteiger partial charge on any atom is -0.497 e. The quantitative estimate of drug-likeness (QED) is 0.830. The number of hydrogen-bond acceptors (Lipinski definition) is 3. The maximum atomic E-state index is 11.2. The highest BCUT2D eigenvalue weighted by molar-refractivity contribution is 5.70. The van der Waals surface area contributed by atoms with Gasteiger partial charge in [-0.15, -0.1) is 0 Å². The van der Waals surface area contributed by atoms with E-state index in [0.29, 0.717) is 11.5 Å². The van der Waals surface area contributed by atoms with E-state index in [1.807, 2.05) is 13.8 Å². The van der Waals surface area contributed by atoms with Gasteiger partial charge in [0, 0.05) is 12.1 Å². The summed E-state index contributed by atoms with van der Waals surface area (Å²) in [4.78, 5) is 11.2. The number of rotatable bonds is 3. The van der Waals surface area contributed by atoms with Crippen LogP contribution in [-0.4, -0.2) is 19.2 Å². The zero-order chi connectivity index (χ0) is 11.3. The van der Waals surface area contributed by atoms with E-state index in [9.17, 15) is 4.79 Å². The molecule has 0 spiro atoms. The molecule has 4 nitrogen and oxygen atoms in total. The van der Waals surface area contributed by atoms with Gasteiger partial charge in [-0.25, -0.2) is 4.79 Å². The van der Waals surface area contributed by atoms with Crippen LogP contribution in [-0.2, 0) is 0 Å². The number of carbonyl (C=O) groups excluding carboxylic acids is 1. The van der Waals surface area contributed by atoms with Crippen LogP contribution in [0.5, 0.6) is 11.5 Å². The monoisotopic (exact) mass is 209 g/mol. The maximum Gasteiger partial charge on any atom is 0.412 e. The van der Waals surface area contributed by atoms with E-state index >= 15 is 0 Å². The van der Waals surface area contributed by atoms with Gasteiger partial charge >= 0.3 is 6.09 Å². The van der Waals surface area contributed by atoms with E-state index in [4.69, 9.17) is 9.47 Å². The molecule has 0 bridgehead atoms. The Morgan fingerprint density at radius 2 is 2.00 bits per heavy atom. The maximum absolute atomic E-state index is 11.2. The summed E-state index contributed by atoms with van der Waals surface area (Å²) in [5.74, 6) is 1.12. The molecular weight excluding hydrogens is 194 g/mol. The van der Waals surface area contributed by atoms with E-state index in [1.165, 1.54) is 0 Å². The van der Waals surface area contributed by atoms with E-state index in [2.05, 4.69) is 5.32 Å². The van der Waals surface area contributed by atoms with Crippen LogP contribution in [0.1, 0.15) is 13.8 Å². The van der Waals surface area contributed by atoms with Crippen LogP contribution < -0.4 is 14.8 Å². The van der Waals surface area contributed by atoms with E-state index in [-0.39, 0.29) is 6.04 Å². The van der Waals surface area contributed by atoms with Crippen molar-refractivity contribution in [1.82, 2.24) is 5.32 Å². The van der Waals surface area contributed by atoms with Gasteiger partial charge in [0.2, 0.25) is 0 Å². The Balaban J connectivity index is 2.60. The van der Waals surface area contributed by atoms with Gasteiger partial charge in [0.05, 0.1) is 7.11 Å². The molecular formula is C11H15NO3. The lowest BCUT2D eigenvalue weighted by atomic mass is 10.3. The van der Waals surface area contributed by atoms with E-state index < -0.39 is 6.09 Å². The predicted molar refractivity (Wildman–Crippen MR) is 57.3 cm³/mol. The molecule has 0 heterocycles. The minimum absolute atomic E-state index is 0.0584. The molecule has 4 heteroatoms. The molecule has 0 aliphatic carbocycles. The number of benzene rings is 1. The Morgan fingerprint density at radius 3 is 2.60 bits per heavy atom. The summed E-state index contributed by atoms with van der Waals surface area (Å²) in [6.45, 7) is 3.74.